The van der Waals surface area contributed by atoms with Crippen molar-refractivity contribution in [1.82, 2.24) is 29.1 Å². The van der Waals surface area contributed by atoms with E-state index < -0.39 is 5.41 Å². The van der Waals surface area contributed by atoms with E-state index >= 15 is 0 Å². The van der Waals surface area contributed by atoms with Crippen molar-refractivity contribution < 1.29 is 4.79 Å². The molecule has 4 aromatic heterocycles. The van der Waals surface area contributed by atoms with Crippen LogP contribution in [0.5, 0.6) is 0 Å². The standard InChI is InChI=1S/C24H25N7O3/c1-3-30-21-18(22(33)31(4-2)23(30)34)28-20(29-21)16-7-8-17(26-13-16)27-14-24(9-10-24)19(32)15-6-5-11-25-12-15/h5-8,11-13H,3-4,9-10,14H2,1-2H3,(H,26,27)(H,28,29). The van der Waals surface area contributed by atoms with E-state index in [1.54, 1.807) is 37.6 Å². The second-order valence-corrected chi connectivity index (χ2v) is 8.50. The maximum absolute atomic E-state index is 12.9. The van der Waals surface area contributed by atoms with Gasteiger partial charge in [-0.15, -0.1) is 0 Å². The van der Waals surface area contributed by atoms with Crippen molar-refractivity contribution in [3.63, 3.8) is 0 Å². The predicted octanol–water partition coefficient (Wildman–Crippen LogP) is 2.46. The summed E-state index contributed by atoms with van der Waals surface area (Å²) in [7, 11) is 0. The monoisotopic (exact) mass is 459 g/mol. The highest BCUT2D eigenvalue weighted by Crippen LogP contribution is 2.48. The predicted molar refractivity (Wildman–Crippen MR) is 128 cm³/mol. The highest BCUT2D eigenvalue weighted by Gasteiger charge is 2.49. The number of ketones is 1. The van der Waals surface area contributed by atoms with Crippen LogP contribution in [0.4, 0.5) is 5.82 Å². The van der Waals surface area contributed by atoms with Gasteiger partial charge in [0, 0.05) is 49.4 Å². The summed E-state index contributed by atoms with van der Waals surface area (Å²) in [5.41, 5.74) is 0.785. The molecule has 5 rings (SSSR count). The Balaban J connectivity index is 1.37. The summed E-state index contributed by atoms with van der Waals surface area (Å²) in [5.74, 6) is 1.21. The number of aromatic amines is 1. The van der Waals surface area contributed by atoms with Crippen molar-refractivity contribution in [2.24, 2.45) is 5.41 Å². The Morgan fingerprint density at radius 1 is 1.12 bits per heavy atom. The molecule has 0 aliphatic heterocycles. The number of H-pyrrole nitrogens is 1. The number of hydrogen-bond acceptors (Lipinski definition) is 7. The van der Waals surface area contributed by atoms with Crippen LogP contribution in [0.25, 0.3) is 22.6 Å². The van der Waals surface area contributed by atoms with Crippen LogP contribution in [-0.4, -0.2) is 41.4 Å². The van der Waals surface area contributed by atoms with Crippen molar-refractivity contribution in [3.8, 4) is 11.4 Å². The van der Waals surface area contributed by atoms with Gasteiger partial charge < -0.3 is 10.3 Å². The highest BCUT2D eigenvalue weighted by atomic mass is 16.2. The summed E-state index contributed by atoms with van der Waals surface area (Å²) in [6, 6.07) is 7.21. The number of anilines is 1. The van der Waals surface area contributed by atoms with Crippen LogP contribution < -0.4 is 16.6 Å². The van der Waals surface area contributed by atoms with E-state index in [0.29, 0.717) is 47.0 Å². The lowest BCUT2D eigenvalue weighted by atomic mass is 9.95. The quantitative estimate of drug-likeness (QED) is 0.387. The molecule has 1 fully saturated rings. The average Bonchev–Trinajstić information content (AvgIpc) is 3.54. The number of aromatic nitrogens is 6. The number of carbonyl (C=O) groups is 1. The number of fused-ring (bicyclic) bond motifs is 1. The summed E-state index contributed by atoms with van der Waals surface area (Å²) in [5, 5.41) is 3.27. The van der Waals surface area contributed by atoms with E-state index in [9.17, 15) is 14.4 Å². The number of imidazole rings is 1. The van der Waals surface area contributed by atoms with Crippen molar-refractivity contribution in [2.75, 3.05) is 11.9 Å². The Hall–Kier alpha value is -4.08. The van der Waals surface area contributed by atoms with Crippen LogP contribution in [0.3, 0.4) is 0 Å². The second kappa shape index (κ2) is 8.36. The van der Waals surface area contributed by atoms with Gasteiger partial charge in [-0.3, -0.25) is 23.7 Å². The van der Waals surface area contributed by atoms with Gasteiger partial charge in [0.05, 0.1) is 5.41 Å². The maximum atomic E-state index is 12.9. The van der Waals surface area contributed by atoms with Crippen LogP contribution >= 0.6 is 0 Å². The molecule has 0 amide bonds. The minimum Gasteiger partial charge on any atom is -0.369 e. The van der Waals surface area contributed by atoms with Crippen LogP contribution in [0.1, 0.15) is 37.0 Å². The van der Waals surface area contributed by atoms with Crippen LogP contribution in [-0.2, 0) is 13.1 Å². The lowest BCUT2D eigenvalue weighted by Gasteiger charge is -2.15. The van der Waals surface area contributed by atoms with E-state index in [0.717, 1.165) is 12.8 Å². The summed E-state index contributed by atoms with van der Waals surface area (Å²) < 4.78 is 2.68. The first-order chi connectivity index (χ1) is 16.5. The molecule has 1 aliphatic rings. The molecule has 1 aliphatic carbocycles. The lowest BCUT2D eigenvalue weighted by molar-refractivity contribution is 0.0908. The first kappa shape index (κ1) is 21.7. The number of nitrogens with zero attached hydrogens (tertiary/aromatic N) is 5. The molecule has 0 unspecified atom stereocenters. The zero-order valence-electron chi connectivity index (χ0n) is 19.0. The number of rotatable bonds is 8. The SMILES string of the molecule is CCn1c(=O)c2[nH]c(-c3ccc(NCC4(C(=O)c5cccnc5)CC4)nc3)nc2n(CC)c1=O. The third-order valence-corrected chi connectivity index (χ3v) is 6.40. The number of carbonyl (C=O) groups excluding carboxylic acids is 1. The van der Waals surface area contributed by atoms with E-state index in [4.69, 9.17) is 0 Å². The van der Waals surface area contributed by atoms with Gasteiger partial charge >= 0.3 is 5.69 Å². The molecule has 10 nitrogen and oxygen atoms in total. The smallest absolute Gasteiger partial charge is 0.332 e. The molecule has 34 heavy (non-hydrogen) atoms. The molecule has 0 atom stereocenters. The minimum atomic E-state index is -0.412. The molecule has 2 N–H and O–H groups in total. The van der Waals surface area contributed by atoms with Crippen LogP contribution in [0.15, 0.2) is 52.4 Å². The fourth-order valence-corrected chi connectivity index (χ4v) is 4.20. The first-order valence-corrected chi connectivity index (χ1v) is 11.4. The molecule has 0 radical (unpaired) electrons. The van der Waals surface area contributed by atoms with Gasteiger partial charge in [0.1, 0.15) is 17.2 Å². The van der Waals surface area contributed by atoms with Gasteiger partial charge in [-0.1, -0.05) is 0 Å². The van der Waals surface area contributed by atoms with Crippen LogP contribution in [0, 0.1) is 5.41 Å². The maximum Gasteiger partial charge on any atom is 0.332 e. The lowest BCUT2D eigenvalue weighted by Crippen LogP contribution is -2.39. The summed E-state index contributed by atoms with van der Waals surface area (Å²) in [4.78, 5) is 54.2. The molecular formula is C24H25N7O3. The number of hydrogen-bond donors (Lipinski definition) is 2. The minimum absolute atomic E-state index is 0.103. The molecule has 0 saturated heterocycles. The van der Waals surface area contributed by atoms with Gasteiger partial charge in [-0.2, -0.15) is 0 Å². The van der Waals surface area contributed by atoms with Crippen molar-refractivity contribution in [3.05, 3.63) is 69.3 Å². The van der Waals surface area contributed by atoms with Gasteiger partial charge in [0.15, 0.2) is 11.4 Å². The second-order valence-electron chi connectivity index (χ2n) is 8.50. The highest BCUT2D eigenvalue weighted by molar-refractivity contribution is 6.02. The van der Waals surface area contributed by atoms with Crippen molar-refractivity contribution >= 4 is 22.8 Å². The Bertz CT molecular complexity index is 1480. The van der Waals surface area contributed by atoms with Crippen molar-refractivity contribution in [1.29, 1.82) is 0 Å². The van der Waals surface area contributed by atoms with E-state index in [1.165, 1.54) is 9.13 Å². The number of nitrogens with one attached hydrogen (secondary N) is 2. The fraction of sp³-hybridized carbons (Fsp3) is 0.333. The molecule has 1 saturated carbocycles. The molecule has 0 aromatic carbocycles. The van der Waals surface area contributed by atoms with E-state index in [1.807, 2.05) is 19.1 Å². The Kier molecular flexibility index (Phi) is 5.35. The molecule has 0 spiro atoms. The summed E-state index contributed by atoms with van der Waals surface area (Å²) >= 11 is 0. The number of Topliss-reactive ketones (excluding diaryl/α,β-unsaturated/α-hetero) is 1. The average molecular weight is 460 g/mol. The Morgan fingerprint density at radius 3 is 2.53 bits per heavy atom. The third kappa shape index (κ3) is 3.60. The van der Waals surface area contributed by atoms with Crippen LogP contribution in [0.2, 0.25) is 0 Å². The van der Waals surface area contributed by atoms with Crippen molar-refractivity contribution in [2.45, 2.75) is 39.8 Å². The number of aryl methyl sites for hydroxylation is 1. The first-order valence-electron chi connectivity index (χ1n) is 11.4. The molecule has 10 heteroatoms. The van der Waals surface area contributed by atoms with E-state index in [2.05, 4.69) is 25.3 Å². The molecule has 174 valence electrons. The normalized spacial score (nSPS) is 14.3. The topological polar surface area (TPSA) is 128 Å². The van der Waals surface area contributed by atoms with E-state index in [-0.39, 0.29) is 23.6 Å². The zero-order valence-corrected chi connectivity index (χ0v) is 19.0. The molecular weight excluding hydrogens is 434 g/mol. The Morgan fingerprint density at radius 2 is 1.91 bits per heavy atom. The molecule has 0 bridgehead atoms. The third-order valence-electron chi connectivity index (χ3n) is 6.40. The van der Waals surface area contributed by atoms with Gasteiger partial charge in [-0.05, 0) is 51.0 Å². The van der Waals surface area contributed by atoms with Gasteiger partial charge in [-0.25, -0.2) is 14.8 Å². The van der Waals surface area contributed by atoms with Gasteiger partial charge in [0.2, 0.25) is 0 Å². The Labute approximate surface area is 194 Å². The molecule has 4 heterocycles. The molecule has 4 aromatic rings. The summed E-state index contributed by atoms with van der Waals surface area (Å²) in [6.45, 7) is 4.79. The van der Waals surface area contributed by atoms with Gasteiger partial charge in [0.25, 0.3) is 5.56 Å². The zero-order chi connectivity index (χ0) is 23.9. The largest absolute Gasteiger partial charge is 0.369 e. The summed E-state index contributed by atoms with van der Waals surface area (Å²) in [6.07, 6.45) is 6.58. The number of pyridine rings is 2. The fourth-order valence-electron chi connectivity index (χ4n) is 4.20.